The molecule has 2 saturated heterocycles. The summed E-state index contributed by atoms with van der Waals surface area (Å²) in [4.78, 5) is 19.0. The number of ether oxygens (including phenoxy) is 1. The first-order chi connectivity index (χ1) is 12.6. The highest BCUT2D eigenvalue weighted by Gasteiger charge is 2.41. The number of piperazine rings is 1. The molecule has 3 rings (SSSR count). The first kappa shape index (κ1) is 19.3. The van der Waals surface area contributed by atoms with Crippen LogP contribution in [0, 0.1) is 0 Å². The van der Waals surface area contributed by atoms with Gasteiger partial charge in [0.05, 0.1) is 6.61 Å². The normalized spacial score (nSPS) is 25.6. The summed E-state index contributed by atoms with van der Waals surface area (Å²) in [5.74, 6) is 0.293. The van der Waals surface area contributed by atoms with Crippen molar-refractivity contribution in [3.8, 4) is 0 Å². The minimum absolute atomic E-state index is 0.156. The van der Waals surface area contributed by atoms with Gasteiger partial charge in [-0.05, 0) is 31.9 Å². The summed E-state index contributed by atoms with van der Waals surface area (Å²) in [7, 11) is 4.17. The molecule has 2 heterocycles. The second-order valence-corrected chi connectivity index (χ2v) is 7.88. The van der Waals surface area contributed by atoms with Gasteiger partial charge in [-0.15, -0.1) is 0 Å². The minimum Gasteiger partial charge on any atom is -0.377 e. The molecule has 0 bridgehead atoms. The van der Waals surface area contributed by atoms with E-state index in [0.29, 0.717) is 18.9 Å². The monoisotopic (exact) mass is 359 g/mol. The fourth-order valence-electron chi connectivity index (χ4n) is 4.19. The fraction of sp³-hybridized carbons (Fsp3) is 0.667. The Morgan fingerprint density at radius 2 is 1.88 bits per heavy atom. The van der Waals surface area contributed by atoms with E-state index in [-0.39, 0.29) is 5.54 Å². The number of likely N-dealkylation sites (N-methyl/N-ethyl adjacent to an activating group) is 1. The Balaban J connectivity index is 1.43. The Bertz CT molecular complexity index is 580. The number of hydrogen-bond acceptors (Lipinski definition) is 4. The molecular formula is C21H33N3O2. The third-order valence-corrected chi connectivity index (χ3v) is 6.10. The van der Waals surface area contributed by atoms with Gasteiger partial charge >= 0.3 is 0 Å². The second-order valence-electron chi connectivity index (χ2n) is 7.88. The van der Waals surface area contributed by atoms with Crippen LogP contribution in [0.2, 0.25) is 0 Å². The van der Waals surface area contributed by atoms with Gasteiger partial charge in [0.1, 0.15) is 0 Å². The summed E-state index contributed by atoms with van der Waals surface area (Å²) < 4.78 is 5.83. The number of likely N-dealkylation sites (tertiary alicyclic amines) is 1. The van der Waals surface area contributed by atoms with E-state index in [9.17, 15) is 4.79 Å². The fourth-order valence-corrected chi connectivity index (χ4v) is 4.19. The van der Waals surface area contributed by atoms with Crippen molar-refractivity contribution >= 4 is 5.91 Å². The summed E-state index contributed by atoms with van der Waals surface area (Å²) >= 11 is 0. The maximum absolute atomic E-state index is 12.1. The molecule has 26 heavy (non-hydrogen) atoms. The predicted molar refractivity (Wildman–Crippen MR) is 104 cm³/mol. The number of nitrogens with zero attached hydrogens (tertiary/aromatic N) is 3. The lowest BCUT2D eigenvalue weighted by Gasteiger charge is -2.49. The molecule has 0 aliphatic carbocycles. The minimum atomic E-state index is 0.156. The highest BCUT2D eigenvalue weighted by molar-refractivity contribution is 5.76. The molecule has 1 aromatic rings. The predicted octanol–water partition coefficient (Wildman–Crippen LogP) is 2.22. The molecule has 2 aliphatic heterocycles. The van der Waals surface area contributed by atoms with Crippen molar-refractivity contribution in [2.45, 2.75) is 37.8 Å². The number of benzene rings is 1. The van der Waals surface area contributed by atoms with E-state index >= 15 is 0 Å². The molecule has 1 spiro atoms. The van der Waals surface area contributed by atoms with E-state index in [2.05, 4.69) is 41.1 Å². The molecule has 5 heteroatoms. The molecule has 2 fully saturated rings. The zero-order valence-corrected chi connectivity index (χ0v) is 16.3. The van der Waals surface area contributed by atoms with Crippen LogP contribution < -0.4 is 0 Å². The van der Waals surface area contributed by atoms with Gasteiger partial charge in [0.15, 0.2) is 0 Å². The molecule has 5 nitrogen and oxygen atoms in total. The van der Waals surface area contributed by atoms with Gasteiger partial charge in [-0.25, -0.2) is 0 Å². The zero-order valence-electron chi connectivity index (χ0n) is 16.3. The van der Waals surface area contributed by atoms with Crippen molar-refractivity contribution in [3.63, 3.8) is 0 Å². The van der Waals surface area contributed by atoms with Gasteiger partial charge in [-0.1, -0.05) is 30.3 Å². The number of amides is 1. The molecule has 1 amide bonds. The molecule has 1 atom stereocenters. The topological polar surface area (TPSA) is 36.0 Å². The van der Waals surface area contributed by atoms with Crippen molar-refractivity contribution in [2.75, 3.05) is 53.4 Å². The van der Waals surface area contributed by atoms with Crippen LogP contribution in [0.25, 0.3) is 0 Å². The Kier molecular flexibility index (Phi) is 6.68. The summed E-state index contributed by atoms with van der Waals surface area (Å²) in [6, 6.07) is 10.4. The van der Waals surface area contributed by atoms with Crippen LogP contribution in [0.4, 0.5) is 0 Å². The Labute approximate surface area is 157 Å². The zero-order chi connectivity index (χ0) is 18.4. The van der Waals surface area contributed by atoms with Crippen LogP contribution in [-0.4, -0.2) is 79.6 Å². The smallest absolute Gasteiger partial charge is 0.222 e. The maximum atomic E-state index is 12.1. The van der Waals surface area contributed by atoms with Crippen molar-refractivity contribution in [2.24, 2.45) is 0 Å². The molecule has 0 N–H and O–H groups in total. The van der Waals surface area contributed by atoms with Crippen molar-refractivity contribution in [3.05, 3.63) is 35.9 Å². The van der Waals surface area contributed by atoms with E-state index in [1.807, 2.05) is 18.0 Å². The van der Waals surface area contributed by atoms with E-state index < -0.39 is 0 Å². The number of carbonyl (C=O) groups is 1. The van der Waals surface area contributed by atoms with E-state index in [0.717, 1.165) is 58.6 Å². The lowest BCUT2D eigenvalue weighted by Crippen LogP contribution is -2.61. The number of hydrogen-bond donors (Lipinski definition) is 0. The van der Waals surface area contributed by atoms with E-state index in [1.165, 1.54) is 5.56 Å². The molecule has 2 aliphatic rings. The van der Waals surface area contributed by atoms with Gasteiger partial charge in [-0.3, -0.25) is 9.69 Å². The SMILES string of the molecule is CN1CC[C@@]2(CCC1=O)CN(CCCOCc1ccccc1)CCN2C. The van der Waals surface area contributed by atoms with Gasteiger partial charge in [0, 0.05) is 58.3 Å². The van der Waals surface area contributed by atoms with Crippen LogP contribution in [0.1, 0.15) is 31.2 Å². The molecule has 0 saturated carbocycles. The average Bonchev–Trinajstić information content (AvgIpc) is 2.80. The summed E-state index contributed by atoms with van der Waals surface area (Å²) in [6.45, 7) is 6.72. The van der Waals surface area contributed by atoms with E-state index in [4.69, 9.17) is 4.74 Å². The first-order valence-electron chi connectivity index (χ1n) is 9.88. The van der Waals surface area contributed by atoms with Crippen LogP contribution in [-0.2, 0) is 16.1 Å². The van der Waals surface area contributed by atoms with Gasteiger partial charge < -0.3 is 14.5 Å². The average molecular weight is 360 g/mol. The number of rotatable bonds is 6. The molecule has 0 unspecified atom stereocenters. The van der Waals surface area contributed by atoms with Crippen molar-refractivity contribution in [1.82, 2.24) is 14.7 Å². The molecule has 1 aromatic carbocycles. The third kappa shape index (κ3) is 4.84. The summed E-state index contributed by atoms with van der Waals surface area (Å²) in [5, 5.41) is 0. The van der Waals surface area contributed by atoms with Crippen LogP contribution in [0.5, 0.6) is 0 Å². The highest BCUT2D eigenvalue weighted by atomic mass is 16.5. The van der Waals surface area contributed by atoms with Crippen molar-refractivity contribution in [1.29, 1.82) is 0 Å². The molecular weight excluding hydrogens is 326 g/mol. The number of carbonyl (C=O) groups excluding carboxylic acids is 1. The molecule has 0 radical (unpaired) electrons. The quantitative estimate of drug-likeness (QED) is 0.730. The Morgan fingerprint density at radius 3 is 2.69 bits per heavy atom. The maximum Gasteiger partial charge on any atom is 0.222 e. The summed E-state index contributed by atoms with van der Waals surface area (Å²) in [6.07, 6.45) is 3.79. The van der Waals surface area contributed by atoms with Crippen molar-refractivity contribution < 1.29 is 9.53 Å². The molecule has 0 aromatic heterocycles. The largest absolute Gasteiger partial charge is 0.377 e. The van der Waals surface area contributed by atoms with Gasteiger partial charge in [0.2, 0.25) is 5.91 Å². The third-order valence-electron chi connectivity index (χ3n) is 6.10. The van der Waals surface area contributed by atoms with Gasteiger partial charge in [0.25, 0.3) is 0 Å². The van der Waals surface area contributed by atoms with Crippen LogP contribution in [0.15, 0.2) is 30.3 Å². The molecule has 144 valence electrons. The Hall–Kier alpha value is -1.43. The lowest BCUT2D eigenvalue weighted by atomic mass is 9.86. The van der Waals surface area contributed by atoms with Crippen LogP contribution in [0.3, 0.4) is 0 Å². The van der Waals surface area contributed by atoms with Gasteiger partial charge in [-0.2, -0.15) is 0 Å². The lowest BCUT2D eigenvalue weighted by molar-refractivity contribution is -0.129. The second kappa shape index (κ2) is 8.98. The summed E-state index contributed by atoms with van der Waals surface area (Å²) in [5.41, 5.74) is 1.39. The van der Waals surface area contributed by atoms with E-state index in [1.54, 1.807) is 0 Å². The van der Waals surface area contributed by atoms with Crippen LogP contribution >= 0.6 is 0 Å². The standard InChI is InChI=1S/C21H33N3O2/c1-22-13-11-21(10-9-20(22)25)18-24(15-14-23(21)2)12-6-16-26-17-19-7-4-3-5-8-19/h3-5,7-8H,6,9-18H2,1-2H3/t21-/m0/s1. The Morgan fingerprint density at radius 1 is 1.08 bits per heavy atom. The highest BCUT2D eigenvalue weighted by Crippen LogP contribution is 2.31. The first-order valence-corrected chi connectivity index (χ1v) is 9.88.